The third kappa shape index (κ3) is 5.31. The minimum atomic E-state index is -0.594. The largest absolute Gasteiger partial charge is 0.464 e. The quantitative estimate of drug-likeness (QED) is 0.651. The van der Waals surface area contributed by atoms with Crippen LogP contribution in [-0.2, 0) is 4.74 Å². The number of halogens is 2. The molecule has 1 unspecified atom stereocenters. The fraction of sp³-hybridized carbons (Fsp3) is 0.455. The molecule has 1 N–H and O–H groups in total. The Morgan fingerprint density at radius 2 is 1.91 bits per heavy atom. The van der Waals surface area contributed by atoms with E-state index in [-0.39, 0.29) is 28.8 Å². The summed E-state index contributed by atoms with van der Waals surface area (Å²) in [6, 6.07) is 3.23. The van der Waals surface area contributed by atoms with Crippen molar-refractivity contribution in [3.63, 3.8) is 0 Å². The molecule has 2 aromatic rings. The van der Waals surface area contributed by atoms with Crippen LogP contribution < -0.4 is 5.32 Å². The first-order valence-corrected chi connectivity index (χ1v) is 11.1. The van der Waals surface area contributed by atoms with Gasteiger partial charge in [-0.3, -0.25) is 4.98 Å². The molecule has 2 amide bonds. The molecule has 1 aliphatic rings. The predicted octanol–water partition coefficient (Wildman–Crippen LogP) is 4.03. The number of piperidine rings is 1. The van der Waals surface area contributed by atoms with Crippen LogP contribution in [0.2, 0.25) is 10.0 Å². The lowest BCUT2D eigenvalue weighted by molar-refractivity contribution is 0.0593. The Labute approximate surface area is 197 Å². The van der Waals surface area contributed by atoms with Crippen LogP contribution in [0.1, 0.15) is 41.9 Å². The number of rotatable bonds is 5. The molecule has 8 nitrogen and oxygen atoms in total. The van der Waals surface area contributed by atoms with Crippen LogP contribution in [0.5, 0.6) is 0 Å². The van der Waals surface area contributed by atoms with Crippen LogP contribution in [0.15, 0.2) is 24.5 Å². The summed E-state index contributed by atoms with van der Waals surface area (Å²) < 4.78 is 4.69. The number of urea groups is 1. The summed E-state index contributed by atoms with van der Waals surface area (Å²) in [6.45, 7) is 3.80. The number of carbonyl (C=O) groups is 2. The number of ether oxygens (including phenoxy) is 1. The maximum atomic E-state index is 12.8. The fourth-order valence-corrected chi connectivity index (χ4v) is 4.31. The second kappa shape index (κ2) is 10.5. The maximum Gasteiger partial charge on any atom is 0.358 e. The van der Waals surface area contributed by atoms with E-state index in [0.717, 1.165) is 25.9 Å². The Hall–Kier alpha value is -2.42. The van der Waals surface area contributed by atoms with Gasteiger partial charge >= 0.3 is 12.0 Å². The molecule has 1 aliphatic heterocycles. The second-order valence-electron chi connectivity index (χ2n) is 7.93. The molecule has 1 fully saturated rings. The van der Waals surface area contributed by atoms with Crippen molar-refractivity contribution in [1.82, 2.24) is 25.1 Å². The van der Waals surface area contributed by atoms with Gasteiger partial charge in [0.15, 0.2) is 5.69 Å². The van der Waals surface area contributed by atoms with Gasteiger partial charge in [-0.2, -0.15) is 0 Å². The van der Waals surface area contributed by atoms with E-state index in [1.807, 2.05) is 14.0 Å². The highest BCUT2D eigenvalue weighted by molar-refractivity contribution is 6.44. The highest BCUT2D eigenvalue weighted by atomic mass is 35.5. The Morgan fingerprint density at radius 3 is 2.56 bits per heavy atom. The van der Waals surface area contributed by atoms with Crippen molar-refractivity contribution in [2.75, 3.05) is 34.3 Å². The predicted molar refractivity (Wildman–Crippen MR) is 124 cm³/mol. The minimum absolute atomic E-state index is 0.0684. The van der Waals surface area contributed by atoms with E-state index >= 15 is 0 Å². The first-order valence-electron chi connectivity index (χ1n) is 10.3. The summed E-state index contributed by atoms with van der Waals surface area (Å²) in [6.07, 6.45) is 4.70. The van der Waals surface area contributed by atoms with Crippen molar-refractivity contribution in [3.05, 3.63) is 45.8 Å². The van der Waals surface area contributed by atoms with Gasteiger partial charge in [0.25, 0.3) is 0 Å². The van der Waals surface area contributed by atoms with Gasteiger partial charge in [-0.25, -0.2) is 14.6 Å². The van der Waals surface area contributed by atoms with Crippen LogP contribution in [-0.4, -0.2) is 72.1 Å². The molecule has 0 aliphatic carbocycles. The summed E-state index contributed by atoms with van der Waals surface area (Å²) in [5, 5.41) is 3.58. The first kappa shape index (κ1) is 24.2. The van der Waals surface area contributed by atoms with Gasteiger partial charge in [0, 0.05) is 18.7 Å². The van der Waals surface area contributed by atoms with Crippen LogP contribution >= 0.6 is 23.2 Å². The third-order valence-corrected chi connectivity index (χ3v) is 6.68. The van der Waals surface area contributed by atoms with Gasteiger partial charge in [-0.1, -0.05) is 35.3 Å². The summed E-state index contributed by atoms with van der Waals surface area (Å²) in [5.41, 5.74) is 1.67. The Balaban J connectivity index is 1.76. The molecule has 172 valence electrons. The number of hydrogen-bond donors (Lipinski definition) is 1. The summed E-state index contributed by atoms with van der Waals surface area (Å²) >= 11 is 13.1. The van der Waals surface area contributed by atoms with E-state index in [4.69, 9.17) is 23.2 Å². The molecule has 2 heterocycles. The van der Waals surface area contributed by atoms with Gasteiger partial charge in [-0.05, 0) is 45.5 Å². The van der Waals surface area contributed by atoms with Crippen molar-refractivity contribution in [2.45, 2.75) is 31.8 Å². The monoisotopic (exact) mass is 479 g/mol. The molecule has 1 aromatic carbocycles. The van der Waals surface area contributed by atoms with Crippen molar-refractivity contribution < 1.29 is 14.3 Å². The average Bonchev–Trinajstić information content (AvgIpc) is 2.80. The molecule has 1 aromatic heterocycles. The van der Waals surface area contributed by atoms with E-state index in [9.17, 15) is 9.59 Å². The van der Waals surface area contributed by atoms with Gasteiger partial charge in [0.1, 0.15) is 0 Å². The maximum absolute atomic E-state index is 12.8. The van der Waals surface area contributed by atoms with E-state index in [1.54, 1.807) is 17.0 Å². The first-order chi connectivity index (χ1) is 15.2. The van der Waals surface area contributed by atoms with E-state index in [0.29, 0.717) is 21.8 Å². The zero-order chi connectivity index (χ0) is 23.4. The normalized spacial score (nSPS) is 15.8. The Bertz CT molecular complexity index is 996. The number of aromatic nitrogens is 2. The number of carbonyl (C=O) groups excluding carboxylic acids is 2. The number of esters is 1. The number of nitrogens with one attached hydrogen (secondary N) is 1. The SMILES string of the molecule is COC(=O)c1cncc(-c2ccc(C(C)NC(=O)N(C)C3CCN(C)CC3)c(Cl)c2Cl)n1. The summed E-state index contributed by atoms with van der Waals surface area (Å²) in [5.74, 6) is -0.594. The average molecular weight is 480 g/mol. The number of methoxy groups -OCH3 is 1. The van der Waals surface area contributed by atoms with Crippen molar-refractivity contribution >= 4 is 35.2 Å². The Morgan fingerprint density at radius 1 is 1.22 bits per heavy atom. The lowest BCUT2D eigenvalue weighted by Gasteiger charge is -2.35. The van der Waals surface area contributed by atoms with E-state index in [2.05, 4.69) is 32.0 Å². The van der Waals surface area contributed by atoms with Crippen molar-refractivity contribution in [3.8, 4) is 11.3 Å². The molecule has 32 heavy (non-hydrogen) atoms. The number of likely N-dealkylation sites (tertiary alicyclic amines) is 1. The number of nitrogens with zero attached hydrogens (tertiary/aromatic N) is 4. The van der Waals surface area contributed by atoms with E-state index < -0.39 is 5.97 Å². The molecule has 0 bridgehead atoms. The molecular formula is C22H27Cl2N5O3. The molecule has 1 saturated heterocycles. The van der Waals surface area contributed by atoms with Crippen LogP contribution in [0.3, 0.4) is 0 Å². The number of benzene rings is 1. The van der Waals surface area contributed by atoms with Crippen molar-refractivity contribution in [2.24, 2.45) is 0 Å². The molecular weight excluding hydrogens is 453 g/mol. The van der Waals surface area contributed by atoms with Gasteiger partial charge in [-0.15, -0.1) is 0 Å². The van der Waals surface area contributed by atoms with E-state index in [1.165, 1.54) is 19.5 Å². The fourth-order valence-electron chi connectivity index (χ4n) is 3.71. The third-order valence-electron chi connectivity index (χ3n) is 5.78. The molecule has 1 atom stereocenters. The van der Waals surface area contributed by atoms with Gasteiger partial charge in [0.05, 0.1) is 41.3 Å². The molecule has 0 spiro atoms. The summed E-state index contributed by atoms with van der Waals surface area (Å²) in [7, 11) is 5.18. The highest BCUT2D eigenvalue weighted by Crippen LogP contribution is 2.37. The molecule has 3 rings (SSSR count). The topological polar surface area (TPSA) is 87.7 Å². The summed E-state index contributed by atoms with van der Waals surface area (Å²) in [4.78, 5) is 36.9. The molecule has 10 heteroatoms. The Kier molecular flexibility index (Phi) is 7.92. The van der Waals surface area contributed by atoms with Crippen molar-refractivity contribution in [1.29, 1.82) is 0 Å². The minimum Gasteiger partial charge on any atom is -0.464 e. The van der Waals surface area contributed by atoms with Crippen LogP contribution in [0.4, 0.5) is 4.79 Å². The van der Waals surface area contributed by atoms with Gasteiger partial charge in [0.2, 0.25) is 0 Å². The molecule has 0 saturated carbocycles. The smallest absolute Gasteiger partial charge is 0.358 e. The highest BCUT2D eigenvalue weighted by Gasteiger charge is 2.26. The second-order valence-corrected chi connectivity index (χ2v) is 8.68. The molecule has 0 radical (unpaired) electrons. The number of hydrogen-bond acceptors (Lipinski definition) is 6. The lowest BCUT2D eigenvalue weighted by atomic mass is 10.0. The van der Waals surface area contributed by atoms with Gasteiger partial charge < -0.3 is 19.9 Å². The number of amides is 2. The standard InChI is InChI=1S/C22H27Cl2N5O3/c1-13(26-22(31)29(3)14-7-9-28(2)10-8-14)15-5-6-16(20(24)19(15)23)17-11-25-12-18(27-17)21(30)32-4/h5-6,11-14H,7-10H2,1-4H3,(H,26,31). The zero-order valence-corrected chi connectivity index (χ0v) is 20.1. The lowest BCUT2D eigenvalue weighted by Crippen LogP contribution is -2.48. The van der Waals surface area contributed by atoms with Crippen LogP contribution in [0.25, 0.3) is 11.3 Å². The zero-order valence-electron chi connectivity index (χ0n) is 18.6. The van der Waals surface area contributed by atoms with Crippen LogP contribution in [0, 0.1) is 0 Å².